The van der Waals surface area contributed by atoms with Gasteiger partial charge in [0.25, 0.3) is 0 Å². The maximum atomic E-state index is 9.60. The molecule has 0 radical (unpaired) electrons. The smallest absolute Gasteiger partial charge is 0.303 e. The zero-order chi connectivity index (χ0) is 16.1. The summed E-state index contributed by atoms with van der Waals surface area (Å²) in [5.74, 6) is -0.711. The fraction of sp³-hybridized carbons (Fsp3) is 0.562. The van der Waals surface area contributed by atoms with Gasteiger partial charge in [0.05, 0.1) is 13.2 Å². The van der Waals surface area contributed by atoms with E-state index in [1.54, 1.807) is 0 Å². The molecule has 1 aromatic carbocycles. The van der Waals surface area contributed by atoms with Gasteiger partial charge in [-0.2, -0.15) is 0 Å². The first-order valence-electron chi connectivity index (χ1n) is 7.36. The van der Waals surface area contributed by atoms with Crippen LogP contribution in [-0.4, -0.2) is 47.6 Å². The summed E-state index contributed by atoms with van der Waals surface area (Å²) in [4.78, 5) is 11.6. The highest BCUT2D eigenvalue weighted by molar-refractivity contribution is 5.66. The van der Waals surface area contributed by atoms with Crippen LogP contribution in [0.25, 0.3) is 0 Å². The fourth-order valence-electron chi connectivity index (χ4n) is 1.77. The van der Waals surface area contributed by atoms with Gasteiger partial charge in [0.15, 0.2) is 0 Å². The maximum absolute atomic E-state index is 9.60. The number of carboxylic acids is 1. The molecule has 5 heteroatoms. The molecular weight excluding hydrogens is 270 g/mol. The summed E-state index contributed by atoms with van der Waals surface area (Å²) in [6.07, 6.45) is 2.05. The van der Waals surface area contributed by atoms with Gasteiger partial charge in [-0.1, -0.05) is 26.0 Å². The van der Waals surface area contributed by atoms with E-state index in [2.05, 4.69) is 19.1 Å². The Morgan fingerprint density at radius 3 is 1.86 bits per heavy atom. The number of hydrogen-bond donors (Lipinski definition) is 3. The molecule has 0 atom stereocenters. The number of hydrogen-bond acceptors (Lipinski definition) is 4. The Hall–Kier alpha value is -1.59. The normalized spacial score (nSPS) is 9.71. The van der Waals surface area contributed by atoms with Crippen LogP contribution < -0.4 is 4.90 Å². The van der Waals surface area contributed by atoms with E-state index in [4.69, 9.17) is 15.3 Å². The van der Waals surface area contributed by atoms with Crippen LogP contribution in [0.1, 0.15) is 32.3 Å². The monoisotopic (exact) mass is 297 g/mol. The number of aliphatic hydroxyl groups excluding tert-OH is 2. The van der Waals surface area contributed by atoms with Gasteiger partial charge in [-0.25, -0.2) is 0 Å². The highest BCUT2D eigenvalue weighted by Gasteiger charge is 2.04. The first-order chi connectivity index (χ1) is 10.1. The van der Waals surface area contributed by atoms with Crippen molar-refractivity contribution >= 4 is 11.7 Å². The van der Waals surface area contributed by atoms with Crippen molar-refractivity contribution in [3.05, 3.63) is 29.8 Å². The molecule has 0 bridgehead atoms. The van der Waals surface area contributed by atoms with E-state index < -0.39 is 5.97 Å². The van der Waals surface area contributed by atoms with E-state index in [0.717, 1.165) is 18.5 Å². The number of rotatable bonds is 8. The predicted molar refractivity (Wildman–Crippen MR) is 84.7 cm³/mol. The molecule has 5 nitrogen and oxygen atoms in total. The van der Waals surface area contributed by atoms with Gasteiger partial charge in [0, 0.05) is 25.2 Å². The molecule has 0 unspecified atom stereocenters. The van der Waals surface area contributed by atoms with Crippen molar-refractivity contribution in [1.29, 1.82) is 0 Å². The molecule has 0 spiro atoms. The third-order valence-electron chi connectivity index (χ3n) is 2.91. The van der Waals surface area contributed by atoms with Crippen molar-refractivity contribution in [2.75, 3.05) is 31.2 Å². The lowest BCUT2D eigenvalue weighted by molar-refractivity contribution is -0.137. The minimum Gasteiger partial charge on any atom is -0.481 e. The van der Waals surface area contributed by atoms with Crippen LogP contribution >= 0.6 is 0 Å². The van der Waals surface area contributed by atoms with Crippen molar-refractivity contribution in [2.24, 2.45) is 0 Å². The first kappa shape index (κ1) is 19.4. The van der Waals surface area contributed by atoms with Gasteiger partial charge >= 0.3 is 5.97 Å². The Morgan fingerprint density at radius 1 is 1.05 bits per heavy atom. The second-order valence-corrected chi connectivity index (χ2v) is 4.60. The number of carbonyl (C=O) groups is 1. The molecule has 0 aliphatic rings. The Morgan fingerprint density at radius 2 is 1.57 bits per heavy atom. The summed E-state index contributed by atoms with van der Waals surface area (Å²) in [6.45, 7) is 5.30. The topological polar surface area (TPSA) is 81.0 Å². The molecule has 0 saturated carbocycles. The Balaban J connectivity index is 0.000000567. The van der Waals surface area contributed by atoms with Crippen molar-refractivity contribution in [1.82, 2.24) is 0 Å². The first-order valence-corrected chi connectivity index (χ1v) is 7.36. The second-order valence-electron chi connectivity index (χ2n) is 4.60. The van der Waals surface area contributed by atoms with Gasteiger partial charge in [0.2, 0.25) is 0 Å². The summed E-state index contributed by atoms with van der Waals surface area (Å²) >= 11 is 0. The van der Waals surface area contributed by atoms with Gasteiger partial charge in [0.1, 0.15) is 0 Å². The highest BCUT2D eigenvalue weighted by Crippen LogP contribution is 2.14. The van der Waals surface area contributed by atoms with Gasteiger partial charge in [-0.3, -0.25) is 4.79 Å². The molecule has 0 saturated heterocycles. The quantitative estimate of drug-likeness (QED) is 0.683. The number of aliphatic hydroxyl groups is 2. The molecule has 21 heavy (non-hydrogen) atoms. The molecule has 3 N–H and O–H groups in total. The summed E-state index contributed by atoms with van der Waals surface area (Å²) in [5.41, 5.74) is 2.35. The van der Waals surface area contributed by atoms with Crippen LogP contribution in [0.3, 0.4) is 0 Å². The molecule has 120 valence electrons. The average Bonchev–Trinajstić information content (AvgIpc) is 2.48. The second kappa shape index (κ2) is 12.2. The number of aryl methyl sites for hydroxylation is 1. The van der Waals surface area contributed by atoms with E-state index >= 15 is 0 Å². The minimum absolute atomic E-state index is 0.107. The van der Waals surface area contributed by atoms with E-state index in [1.165, 1.54) is 5.56 Å². The lowest BCUT2D eigenvalue weighted by atomic mass is 10.1. The van der Waals surface area contributed by atoms with E-state index in [0.29, 0.717) is 19.5 Å². The Kier molecular flexibility index (Phi) is 11.3. The summed E-state index contributed by atoms with van der Waals surface area (Å²) < 4.78 is 0. The maximum Gasteiger partial charge on any atom is 0.303 e. The van der Waals surface area contributed by atoms with Crippen molar-refractivity contribution in [2.45, 2.75) is 33.1 Å². The molecule has 1 rings (SSSR count). The minimum atomic E-state index is -0.711. The average molecular weight is 297 g/mol. The highest BCUT2D eigenvalue weighted by atomic mass is 16.4. The number of carboxylic acid groups (broad SMARTS) is 1. The van der Waals surface area contributed by atoms with Crippen LogP contribution in [0.4, 0.5) is 5.69 Å². The molecule has 0 amide bonds. The van der Waals surface area contributed by atoms with Crippen molar-refractivity contribution in [3.63, 3.8) is 0 Å². The fourth-order valence-corrected chi connectivity index (χ4v) is 1.77. The van der Waals surface area contributed by atoms with E-state index in [1.807, 2.05) is 24.0 Å². The number of benzene rings is 1. The molecule has 1 aromatic rings. The standard InChI is InChI=1S/C12H19NO2.C4H8O2/c1-2-11-3-5-12(6-4-11)13(7-9-14)8-10-15;1-2-3-4(5)6/h3-6,14-15H,2,7-10H2,1H3;2-3H2,1H3,(H,5,6). The Bertz CT molecular complexity index is 372. The molecule has 0 aromatic heterocycles. The van der Waals surface area contributed by atoms with E-state index in [-0.39, 0.29) is 13.2 Å². The third kappa shape index (κ3) is 9.05. The zero-order valence-corrected chi connectivity index (χ0v) is 13.0. The molecule has 0 heterocycles. The number of nitrogens with zero attached hydrogens (tertiary/aromatic N) is 1. The van der Waals surface area contributed by atoms with Gasteiger partial charge < -0.3 is 20.2 Å². The SMILES string of the molecule is CCCC(=O)O.CCc1ccc(N(CCO)CCO)cc1. The van der Waals surface area contributed by atoms with Crippen molar-refractivity contribution < 1.29 is 20.1 Å². The number of aliphatic carboxylic acids is 1. The largest absolute Gasteiger partial charge is 0.481 e. The van der Waals surface area contributed by atoms with Crippen LogP contribution in [-0.2, 0) is 11.2 Å². The molecule has 0 fully saturated rings. The van der Waals surface area contributed by atoms with Gasteiger partial charge in [-0.05, 0) is 30.5 Å². The summed E-state index contributed by atoms with van der Waals surface area (Å²) in [6, 6.07) is 8.22. The number of anilines is 1. The van der Waals surface area contributed by atoms with Crippen LogP contribution in [0, 0.1) is 0 Å². The zero-order valence-electron chi connectivity index (χ0n) is 13.0. The third-order valence-corrected chi connectivity index (χ3v) is 2.91. The Labute approximate surface area is 126 Å². The van der Waals surface area contributed by atoms with Crippen LogP contribution in [0.2, 0.25) is 0 Å². The molecule has 0 aliphatic carbocycles. The summed E-state index contributed by atoms with van der Waals surface area (Å²) in [7, 11) is 0. The van der Waals surface area contributed by atoms with Crippen LogP contribution in [0.5, 0.6) is 0 Å². The van der Waals surface area contributed by atoms with Crippen LogP contribution in [0.15, 0.2) is 24.3 Å². The van der Waals surface area contributed by atoms with E-state index in [9.17, 15) is 4.79 Å². The molecule has 0 aliphatic heterocycles. The van der Waals surface area contributed by atoms with Gasteiger partial charge in [-0.15, -0.1) is 0 Å². The lowest BCUT2D eigenvalue weighted by Crippen LogP contribution is -2.29. The lowest BCUT2D eigenvalue weighted by Gasteiger charge is -2.23. The predicted octanol–water partition coefficient (Wildman–Crippen LogP) is 1.91. The summed E-state index contributed by atoms with van der Waals surface area (Å²) in [5, 5.41) is 25.7. The van der Waals surface area contributed by atoms with Crippen molar-refractivity contribution in [3.8, 4) is 0 Å². The molecular formula is C16H27NO4.